The van der Waals surface area contributed by atoms with E-state index in [1.165, 1.54) is 4.31 Å². The van der Waals surface area contributed by atoms with Crippen molar-refractivity contribution in [1.29, 1.82) is 0 Å². The molecule has 1 fully saturated rings. The number of sulfonamides is 1. The summed E-state index contributed by atoms with van der Waals surface area (Å²) < 4.78 is 35.7. The van der Waals surface area contributed by atoms with Crippen LogP contribution in [0, 0.1) is 20.8 Å². The fourth-order valence-corrected chi connectivity index (χ4v) is 6.00. The van der Waals surface area contributed by atoms with Crippen molar-refractivity contribution in [3.05, 3.63) is 47.5 Å². The highest BCUT2D eigenvalue weighted by molar-refractivity contribution is 7.89. The Balaban J connectivity index is 1.58. The van der Waals surface area contributed by atoms with E-state index in [9.17, 15) is 18.0 Å². The van der Waals surface area contributed by atoms with E-state index in [0.717, 1.165) is 5.56 Å². The van der Waals surface area contributed by atoms with Crippen LogP contribution in [0.5, 0.6) is 0 Å². The minimum absolute atomic E-state index is 0.121. The molecule has 0 bridgehead atoms. The Kier molecular flexibility index (Phi) is 8.22. The van der Waals surface area contributed by atoms with Crippen molar-refractivity contribution in [3.63, 3.8) is 0 Å². The molecule has 0 saturated carbocycles. The van der Waals surface area contributed by atoms with E-state index in [2.05, 4.69) is 15.6 Å². The number of nitrogens with one attached hydrogen (secondary N) is 2. The number of aryl methyl sites for hydroxylation is 4. The third-order valence-electron chi connectivity index (χ3n) is 5.41. The van der Waals surface area contributed by atoms with Gasteiger partial charge in [-0.2, -0.15) is 4.31 Å². The van der Waals surface area contributed by atoms with Gasteiger partial charge in [0.1, 0.15) is 6.23 Å². The second kappa shape index (κ2) is 10.9. The number of rotatable bonds is 8. The topological polar surface area (TPSA) is 123 Å². The van der Waals surface area contributed by atoms with Gasteiger partial charge in [0.15, 0.2) is 0 Å². The number of aromatic nitrogens is 2. The van der Waals surface area contributed by atoms with Gasteiger partial charge in [-0.25, -0.2) is 13.4 Å². The first kappa shape index (κ1) is 24.9. The Hall–Kier alpha value is -2.76. The van der Waals surface area contributed by atoms with Gasteiger partial charge in [0.2, 0.25) is 10.0 Å². The third-order valence-corrected chi connectivity index (χ3v) is 7.60. The molecule has 11 heteroatoms. The number of amides is 2. The monoisotopic (exact) mass is 477 g/mol. The lowest BCUT2D eigenvalue weighted by atomic mass is 10.1. The molecular weight excluding hydrogens is 446 g/mol. The Labute approximate surface area is 194 Å². The van der Waals surface area contributed by atoms with Crippen molar-refractivity contribution in [1.82, 2.24) is 24.5 Å². The van der Waals surface area contributed by atoms with Crippen LogP contribution in [0.2, 0.25) is 0 Å². The Morgan fingerprint density at radius 2 is 1.85 bits per heavy atom. The molecule has 1 aromatic heterocycles. The number of carbonyl (C=O) groups is 2. The lowest BCUT2D eigenvalue weighted by molar-refractivity contribution is -0.140. The SMILES string of the molecule is Cc1cc(C)c(S(=O)(=O)N2CCCO[C@H]2CNC(=O)C(=O)NCCCn2ccnc2)c(C)c1. The largest absolute Gasteiger partial charge is 0.360 e. The maximum Gasteiger partial charge on any atom is 0.309 e. The first-order valence-corrected chi connectivity index (χ1v) is 12.4. The second-order valence-electron chi connectivity index (χ2n) is 8.14. The molecule has 1 saturated heterocycles. The van der Waals surface area contributed by atoms with Crippen LogP contribution >= 0.6 is 0 Å². The maximum atomic E-state index is 13.4. The number of hydrogen-bond donors (Lipinski definition) is 2. The molecule has 1 atom stereocenters. The Morgan fingerprint density at radius 1 is 1.15 bits per heavy atom. The zero-order valence-electron chi connectivity index (χ0n) is 19.2. The first-order valence-electron chi connectivity index (χ1n) is 10.9. The minimum Gasteiger partial charge on any atom is -0.360 e. The standard InChI is InChI=1S/C22H31N5O5S/c1-16-12-17(2)20(18(3)13-16)33(30,31)27-9-5-11-32-19(27)14-25-22(29)21(28)24-6-4-8-26-10-7-23-15-26/h7,10,12-13,15,19H,4-6,8-9,11,14H2,1-3H3,(H,24,28)(H,25,29)/t19-/m0/s1. The molecule has 180 valence electrons. The molecule has 1 aromatic carbocycles. The fourth-order valence-electron chi connectivity index (χ4n) is 4.02. The number of nitrogens with zero attached hydrogens (tertiary/aromatic N) is 3. The number of ether oxygens (including phenoxy) is 1. The molecule has 1 aliphatic heterocycles. The summed E-state index contributed by atoms with van der Waals surface area (Å²) in [7, 11) is -3.85. The number of imidazole rings is 1. The predicted molar refractivity (Wildman–Crippen MR) is 122 cm³/mol. The van der Waals surface area contributed by atoms with E-state index in [0.29, 0.717) is 43.7 Å². The highest BCUT2D eigenvalue weighted by Gasteiger charge is 2.36. The van der Waals surface area contributed by atoms with E-state index in [4.69, 9.17) is 4.74 Å². The molecule has 3 rings (SSSR count). The second-order valence-corrected chi connectivity index (χ2v) is 9.97. The van der Waals surface area contributed by atoms with Crippen LogP contribution in [-0.2, 0) is 30.9 Å². The van der Waals surface area contributed by atoms with Crippen molar-refractivity contribution < 1.29 is 22.7 Å². The zero-order chi connectivity index (χ0) is 24.0. The maximum absolute atomic E-state index is 13.4. The van der Waals surface area contributed by atoms with Gasteiger partial charge in [-0.05, 0) is 44.7 Å². The molecule has 0 unspecified atom stereocenters. The summed E-state index contributed by atoms with van der Waals surface area (Å²) in [5, 5.41) is 5.06. The minimum atomic E-state index is -3.85. The molecule has 1 aliphatic rings. The number of carbonyl (C=O) groups excluding carboxylic acids is 2. The summed E-state index contributed by atoms with van der Waals surface area (Å²) in [5.41, 5.74) is 2.31. The highest BCUT2D eigenvalue weighted by Crippen LogP contribution is 2.28. The van der Waals surface area contributed by atoms with E-state index < -0.39 is 28.1 Å². The van der Waals surface area contributed by atoms with Crippen LogP contribution in [-0.4, -0.2) is 66.6 Å². The molecule has 2 aromatic rings. The van der Waals surface area contributed by atoms with Crippen LogP contribution in [0.15, 0.2) is 35.7 Å². The molecule has 2 heterocycles. The molecule has 10 nitrogen and oxygen atoms in total. The van der Waals surface area contributed by atoms with Gasteiger partial charge in [0.05, 0.1) is 24.4 Å². The van der Waals surface area contributed by atoms with Gasteiger partial charge >= 0.3 is 11.8 Å². The summed E-state index contributed by atoms with van der Waals surface area (Å²) in [6, 6.07) is 3.66. The summed E-state index contributed by atoms with van der Waals surface area (Å²) in [6.45, 7) is 6.98. The summed E-state index contributed by atoms with van der Waals surface area (Å²) in [5.74, 6) is -1.59. The number of benzene rings is 1. The summed E-state index contributed by atoms with van der Waals surface area (Å²) in [4.78, 5) is 28.5. The fraction of sp³-hybridized carbons (Fsp3) is 0.500. The summed E-state index contributed by atoms with van der Waals surface area (Å²) >= 11 is 0. The van der Waals surface area contributed by atoms with E-state index >= 15 is 0 Å². The van der Waals surface area contributed by atoms with Gasteiger partial charge in [0, 0.05) is 32.0 Å². The highest BCUT2D eigenvalue weighted by atomic mass is 32.2. The molecule has 0 aliphatic carbocycles. The Bertz CT molecular complexity index is 1060. The van der Waals surface area contributed by atoms with Crippen molar-refractivity contribution in [2.24, 2.45) is 0 Å². The van der Waals surface area contributed by atoms with Crippen molar-refractivity contribution in [3.8, 4) is 0 Å². The van der Waals surface area contributed by atoms with Crippen LogP contribution in [0.3, 0.4) is 0 Å². The summed E-state index contributed by atoms with van der Waals surface area (Å²) in [6.07, 6.45) is 5.47. The van der Waals surface area contributed by atoms with Crippen molar-refractivity contribution in [2.45, 2.75) is 51.3 Å². The van der Waals surface area contributed by atoms with Gasteiger partial charge in [-0.1, -0.05) is 17.7 Å². The molecule has 2 amide bonds. The zero-order valence-corrected chi connectivity index (χ0v) is 20.0. The quantitative estimate of drug-likeness (QED) is 0.430. The van der Waals surface area contributed by atoms with E-state index in [1.54, 1.807) is 26.4 Å². The average molecular weight is 478 g/mol. The van der Waals surface area contributed by atoms with Crippen LogP contribution in [0.4, 0.5) is 0 Å². The van der Waals surface area contributed by atoms with Crippen molar-refractivity contribution >= 4 is 21.8 Å². The average Bonchev–Trinajstić information content (AvgIpc) is 3.27. The lowest BCUT2D eigenvalue weighted by Gasteiger charge is -2.35. The van der Waals surface area contributed by atoms with Crippen molar-refractivity contribution in [2.75, 3.05) is 26.2 Å². The van der Waals surface area contributed by atoms with Gasteiger partial charge in [0.25, 0.3) is 0 Å². The van der Waals surface area contributed by atoms with Gasteiger partial charge in [-0.15, -0.1) is 0 Å². The predicted octanol–water partition coefficient (Wildman–Crippen LogP) is 0.868. The van der Waals surface area contributed by atoms with E-state index in [-0.39, 0.29) is 18.0 Å². The molecule has 0 radical (unpaired) electrons. The van der Waals surface area contributed by atoms with Crippen LogP contribution in [0.25, 0.3) is 0 Å². The Morgan fingerprint density at radius 3 is 2.52 bits per heavy atom. The lowest BCUT2D eigenvalue weighted by Crippen LogP contribution is -2.53. The molecular formula is C22H31N5O5S. The van der Waals surface area contributed by atoms with Crippen LogP contribution < -0.4 is 10.6 Å². The smallest absolute Gasteiger partial charge is 0.309 e. The molecule has 33 heavy (non-hydrogen) atoms. The van der Waals surface area contributed by atoms with Crippen LogP contribution in [0.1, 0.15) is 29.5 Å². The van der Waals surface area contributed by atoms with Gasteiger partial charge < -0.3 is 19.9 Å². The number of hydrogen-bond acceptors (Lipinski definition) is 6. The van der Waals surface area contributed by atoms with Gasteiger partial charge in [-0.3, -0.25) is 9.59 Å². The third kappa shape index (κ3) is 6.18. The molecule has 0 spiro atoms. The van der Waals surface area contributed by atoms with E-state index in [1.807, 2.05) is 29.8 Å². The molecule has 2 N–H and O–H groups in total. The normalized spacial score (nSPS) is 17.0. The first-order chi connectivity index (χ1) is 15.7.